The Hall–Kier alpha value is -3.09. The topological polar surface area (TPSA) is 72.7 Å². The molecule has 1 aliphatic rings. The minimum Gasteiger partial charge on any atom is -0.354 e. The summed E-state index contributed by atoms with van der Waals surface area (Å²) in [5.41, 5.74) is 2.15. The van der Waals surface area contributed by atoms with Crippen LogP contribution in [0.15, 0.2) is 54.6 Å². The SMILES string of the molecule is Cc1nnnn1C(Cc1cccc(F)c1)C(=O)NCC1CCC(c2ccccc2)CC1. The van der Waals surface area contributed by atoms with E-state index in [4.69, 9.17) is 0 Å². The molecule has 1 fully saturated rings. The second-order valence-electron chi connectivity index (χ2n) is 8.39. The number of amides is 1. The summed E-state index contributed by atoms with van der Waals surface area (Å²) in [4.78, 5) is 13.1. The van der Waals surface area contributed by atoms with Crippen molar-refractivity contribution in [2.24, 2.45) is 5.92 Å². The van der Waals surface area contributed by atoms with Gasteiger partial charge in [0.1, 0.15) is 17.7 Å². The Bertz CT molecular complexity index is 998. The van der Waals surface area contributed by atoms with Crippen LogP contribution in [0.5, 0.6) is 0 Å². The van der Waals surface area contributed by atoms with Crippen LogP contribution in [0.2, 0.25) is 0 Å². The molecule has 0 spiro atoms. The number of carbonyl (C=O) groups is 1. The van der Waals surface area contributed by atoms with E-state index >= 15 is 0 Å². The van der Waals surface area contributed by atoms with Crippen molar-refractivity contribution in [1.82, 2.24) is 25.5 Å². The summed E-state index contributed by atoms with van der Waals surface area (Å²) in [6.07, 6.45) is 4.81. The number of benzene rings is 2. The second kappa shape index (κ2) is 9.81. The summed E-state index contributed by atoms with van der Waals surface area (Å²) in [5, 5.41) is 14.7. The van der Waals surface area contributed by atoms with E-state index in [9.17, 15) is 9.18 Å². The van der Waals surface area contributed by atoms with E-state index in [-0.39, 0.29) is 11.7 Å². The number of nitrogens with zero attached hydrogens (tertiary/aromatic N) is 4. The Balaban J connectivity index is 1.36. The van der Waals surface area contributed by atoms with Crippen LogP contribution in [0.3, 0.4) is 0 Å². The lowest BCUT2D eigenvalue weighted by Gasteiger charge is -2.29. The van der Waals surface area contributed by atoms with Gasteiger partial charge in [0.15, 0.2) is 0 Å². The first kappa shape index (κ1) is 21.2. The molecule has 1 N–H and O–H groups in total. The summed E-state index contributed by atoms with van der Waals surface area (Å²) in [6, 6.07) is 16.4. The molecule has 0 aliphatic heterocycles. The van der Waals surface area contributed by atoms with Crippen molar-refractivity contribution in [3.8, 4) is 0 Å². The van der Waals surface area contributed by atoms with Gasteiger partial charge in [-0.25, -0.2) is 9.07 Å². The number of aromatic nitrogens is 4. The highest BCUT2D eigenvalue weighted by molar-refractivity contribution is 5.80. The highest BCUT2D eigenvalue weighted by atomic mass is 19.1. The number of hydrogen-bond acceptors (Lipinski definition) is 4. The monoisotopic (exact) mass is 421 g/mol. The maximum Gasteiger partial charge on any atom is 0.245 e. The number of carbonyl (C=O) groups excluding carboxylic acids is 1. The molecule has 0 radical (unpaired) electrons. The van der Waals surface area contributed by atoms with E-state index in [2.05, 4.69) is 51.2 Å². The summed E-state index contributed by atoms with van der Waals surface area (Å²) in [7, 11) is 0. The smallest absolute Gasteiger partial charge is 0.245 e. The quantitative estimate of drug-likeness (QED) is 0.626. The molecular formula is C24H28FN5O. The Morgan fingerprint density at radius 1 is 1.13 bits per heavy atom. The molecule has 2 aromatic carbocycles. The van der Waals surface area contributed by atoms with Gasteiger partial charge in [0.05, 0.1) is 0 Å². The molecule has 7 heteroatoms. The summed E-state index contributed by atoms with van der Waals surface area (Å²) in [6.45, 7) is 2.40. The lowest BCUT2D eigenvalue weighted by molar-refractivity contribution is -0.125. The fourth-order valence-electron chi connectivity index (χ4n) is 4.49. The Morgan fingerprint density at radius 2 is 1.90 bits per heavy atom. The lowest BCUT2D eigenvalue weighted by atomic mass is 9.78. The van der Waals surface area contributed by atoms with Crippen molar-refractivity contribution in [3.63, 3.8) is 0 Å². The fourth-order valence-corrected chi connectivity index (χ4v) is 4.49. The molecule has 1 atom stereocenters. The maximum absolute atomic E-state index is 13.6. The van der Waals surface area contributed by atoms with Gasteiger partial charge in [0.2, 0.25) is 5.91 Å². The summed E-state index contributed by atoms with van der Waals surface area (Å²) >= 11 is 0. The largest absolute Gasteiger partial charge is 0.354 e. The third kappa shape index (κ3) is 5.34. The van der Waals surface area contributed by atoms with Gasteiger partial charge < -0.3 is 5.32 Å². The fraction of sp³-hybridized carbons (Fsp3) is 0.417. The Labute approximate surface area is 181 Å². The molecule has 0 saturated heterocycles. The molecular weight excluding hydrogens is 393 g/mol. The molecule has 3 aromatic rings. The average molecular weight is 422 g/mol. The van der Waals surface area contributed by atoms with Crippen molar-refractivity contribution >= 4 is 5.91 Å². The number of tetrazole rings is 1. The molecule has 6 nitrogen and oxygen atoms in total. The first-order valence-corrected chi connectivity index (χ1v) is 10.9. The van der Waals surface area contributed by atoms with E-state index in [0.29, 0.717) is 30.6 Å². The van der Waals surface area contributed by atoms with Gasteiger partial charge in [-0.1, -0.05) is 42.5 Å². The van der Waals surface area contributed by atoms with Crippen molar-refractivity contribution in [3.05, 3.63) is 77.4 Å². The van der Waals surface area contributed by atoms with Crippen molar-refractivity contribution < 1.29 is 9.18 Å². The third-order valence-electron chi connectivity index (χ3n) is 6.26. The highest BCUT2D eigenvalue weighted by Gasteiger charge is 2.27. The molecule has 1 amide bonds. The minimum absolute atomic E-state index is 0.134. The van der Waals surface area contributed by atoms with Gasteiger partial charge in [0.25, 0.3) is 0 Å². The number of nitrogens with one attached hydrogen (secondary N) is 1. The van der Waals surface area contributed by atoms with Gasteiger partial charge in [-0.3, -0.25) is 4.79 Å². The van der Waals surface area contributed by atoms with Crippen LogP contribution in [0.25, 0.3) is 0 Å². The lowest BCUT2D eigenvalue weighted by Crippen LogP contribution is -2.38. The van der Waals surface area contributed by atoms with E-state index in [1.807, 2.05) is 6.07 Å². The van der Waals surface area contributed by atoms with Gasteiger partial charge >= 0.3 is 0 Å². The Kier molecular flexibility index (Phi) is 6.70. The van der Waals surface area contributed by atoms with Crippen molar-refractivity contribution in [2.75, 3.05) is 6.54 Å². The van der Waals surface area contributed by atoms with Crippen LogP contribution < -0.4 is 5.32 Å². The first-order chi connectivity index (χ1) is 15.1. The van der Waals surface area contributed by atoms with Crippen molar-refractivity contribution in [2.45, 2.75) is 51.0 Å². The molecule has 1 saturated carbocycles. The number of rotatable bonds is 7. The Morgan fingerprint density at radius 3 is 2.58 bits per heavy atom. The zero-order valence-corrected chi connectivity index (χ0v) is 17.7. The summed E-state index contributed by atoms with van der Waals surface area (Å²) < 4.78 is 15.2. The predicted octanol–water partition coefficient (Wildman–Crippen LogP) is 3.99. The molecule has 1 unspecified atom stereocenters. The third-order valence-corrected chi connectivity index (χ3v) is 6.26. The number of halogens is 1. The van der Waals surface area contributed by atoms with E-state index in [0.717, 1.165) is 31.2 Å². The molecule has 1 aromatic heterocycles. The molecule has 1 aliphatic carbocycles. The molecule has 162 valence electrons. The zero-order chi connectivity index (χ0) is 21.6. The van der Waals surface area contributed by atoms with E-state index in [1.165, 1.54) is 22.4 Å². The van der Waals surface area contributed by atoms with E-state index < -0.39 is 6.04 Å². The highest BCUT2D eigenvalue weighted by Crippen LogP contribution is 2.35. The molecule has 31 heavy (non-hydrogen) atoms. The second-order valence-corrected chi connectivity index (χ2v) is 8.39. The predicted molar refractivity (Wildman–Crippen MR) is 116 cm³/mol. The van der Waals surface area contributed by atoms with Gasteiger partial charge in [-0.2, -0.15) is 0 Å². The zero-order valence-electron chi connectivity index (χ0n) is 17.7. The molecule has 0 bridgehead atoms. The van der Waals surface area contributed by atoms with Crippen LogP contribution in [0.1, 0.15) is 54.6 Å². The van der Waals surface area contributed by atoms with Gasteiger partial charge in [-0.15, -0.1) is 5.10 Å². The van der Waals surface area contributed by atoms with Crippen molar-refractivity contribution in [1.29, 1.82) is 0 Å². The molecule has 1 heterocycles. The van der Waals surface area contributed by atoms with Gasteiger partial charge in [0, 0.05) is 13.0 Å². The summed E-state index contributed by atoms with van der Waals surface area (Å²) in [5.74, 6) is 1.18. The van der Waals surface area contributed by atoms with Crippen LogP contribution in [0.4, 0.5) is 4.39 Å². The number of aryl methyl sites for hydroxylation is 1. The number of hydrogen-bond donors (Lipinski definition) is 1. The van der Waals surface area contributed by atoms with E-state index in [1.54, 1.807) is 13.0 Å². The normalized spacial score (nSPS) is 19.7. The van der Waals surface area contributed by atoms with Gasteiger partial charge in [-0.05, 0) is 78.1 Å². The van der Waals surface area contributed by atoms with Crippen LogP contribution in [-0.4, -0.2) is 32.7 Å². The standard InChI is InChI=1S/C24H28FN5O/c1-17-27-28-29-30(17)23(15-19-6-5-9-22(25)14-19)24(31)26-16-18-10-12-21(13-11-18)20-7-3-2-4-8-20/h2-9,14,18,21,23H,10-13,15-16H2,1H3,(H,26,31). The molecule has 4 rings (SSSR count). The average Bonchev–Trinajstić information content (AvgIpc) is 3.22. The first-order valence-electron chi connectivity index (χ1n) is 10.9. The van der Waals surface area contributed by atoms with Crippen LogP contribution >= 0.6 is 0 Å². The minimum atomic E-state index is -0.613. The maximum atomic E-state index is 13.6. The van der Waals surface area contributed by atoms with Crippen LogP contribution in [-0.2, 0) is 11.2 Å². The van der Waals surface area contributed by atoms with Crippen LogP contribution in [0, 0.1) is 18.7 Å².